The molecular formula is C18H17BrClN3O2S. The van der Waals surface area contributed by atoms with Gasteiger partial charge in [0.2, 0.25) is 10.0 Å². The van der Waals surface area contributed by atoms with Crippen molar-refractivity contribution in [3.05, 3.63) is 81.5 Å². The van der Waals surface area contributed by atoms with Gasteiger partial charge in [-0.25, -0.2) is 8.42 Å². The van der Waals surface area contributed by atoms with E-state index in [0.717, 1.165) is 15.6 Å². The Balaban J connectivity index is 1.74. The third kappa shape index (κ3) is 4.35. The van der Waals surface area contributed by atoms with Crippen LogP contribution in [-0.4, -0.2) is 29.6 Å². The molecule has 0 spiro atoms. The van der Waals surface area contributed by atoms with E-state index in [9.17, 15) is 8.42 Å². The highest BCUT2D eigenvalue weighted by Crippen LogP contribution is 2.27. The molecule has 26 heavy (non-hydrogen) atoms. The number of nitrogens with zero attached hydrogens (tertiary/aromatic N) is 3. The largest absolute Gasteiger partial charge is 0.268 e. The van der Waals surface area contributed by atoms with Gasteiger partial charge in [-0.2, -0.15) is 9.40 Å². The molecule has 2 aromatic carbocycles. The molecule has 0 atom stereocenters. The van der Waals surface area contributed by atoms with Crippen molar-refractivity contribution < 1.29 is 8.42 Å². The molecule has 8 heteroatoms. The zero-order chi connectivity index (χ0) is 18.7. The van der Waals surface area contributed by atoms with Gasteiger partial charge in [-0.05, 0) is 23.8 Å². The van der Waals surface area contributed by atoms with Crippen LogP contribution in [0.4, 0.5) is 0 Å². The second-order valence-corrected chi connectivity index (χ2v) is 9.20. The molecule has 0 saturated carbocycles. The molecule has 1 heterocycles. The summed E-state index contributed by atoms with van der Waals surface area (Å²) >= 11 is 9.38. The van der Waals surface area contributed by atoms with E-state index in [4.69, 9.17) is 11.6 Å². The predicted octanol–water partition coefficient (Wildman–Crippen LogP) is 4.17. The summed E-state index contributed by atoms with van der Waals surface area (Å²) in [6.45, 7) is 0.847. The maximum Gasteiger partial charge on any atom is 0.244 e. The van der Waals surface area contributed by atoms with Crippen LogP contribution in [0.15, 0.2) is 70.3 Å². The normalized spacial score (nSPS) is 11.8. The van der Waals surface area contributed by atoms with E-state index in [1.54, 1.807) is 23.0 Å². The summed E-state index contributed by atoms with van der Waals surface area (Å²) in [5, 5.41) is 4.50. The molecule has 0 aliphatic carbocycles. The standard InChI is InChI=1S/C18H17BrClN3O2S/c1-22(26(24,25)18-8-7-16(19)9-17(18)20)11-15-10-21-23(13-15)12-14-5-3-2-4-6-14/h2-10,13H,11-12H2,1H3. The SMILES string of the molecule is CN(Cc1cnn(Cc2ccccc2)c1)S(=O)(=O)c1ccc(Br)cc1Cl. The minimum Gasteiger partial charge on any atom is -0.268 e. The highest BCUT2D eigenvalue weighted by molar-refractivity contribution is 9.10. The van der Waals surface area contributed by atoms with Gasteiger partial charge >= 0.3 is 0 Å². The Morgan fingerprint density at radius 1 is 1.15 bits per heavy atom. The second-order valence-electron chi connectivity index (χ2n) is 5.87. The monoisotopic (exact) mass is 453 g/mol. The molecule has 0 fully saturated rings. The van der Waals surface area contributed by atoms with Crippen LogP contribution in [0.1, 0.15) is 11.1 Å². The minimum absolute atomic E-state index is 0.0848. The van der Waals surface area contributed by atoms with Crippen LogP contribution < -0.4 is 0 Å². The molecule has 0 aliphatic rings. The Labute approximate surface area is 166 Å². The molecule has 0 aliphatic heterocycles. The lowest BCUT2D eigenvalue weighted by Gasteiger charge is -2.17. The van der Waals surface area contributed by atoms with E-state index in [2.05, 4.69) is 21.0 Å². The molecule has 0 N–H and O–H groups in total. The lowest BCUT2D eigenvalue weighted by Crippen LogP contribution is -2.26. The van der Waals surface area contributed by atoms with E-state index in [1.165, 1.54) is 17.4 Å². The summed E-state index contributed by atoms with van der Waals surface area (Å²) in [6, 6.07) is 14.7. The topological polar surface area (TPSA) is 55.2 Å². The number of hydrogen-bond acceptors (Lipinski definition) is 3. The Morgan fingerprint density at radius 2 is 1.88 bits per heavy atom. The van der Waals surface area contributed by atoms with E-state index < -0.39 is 10.0 Å². The molecule has 1 aromatic heterocycles. The third-order valence-corrected chi connectivity index (χ3v) is 6.64. The highest BCUT2D eigenvalue weighted by Gasteiger charge is 2.24. The van der Waals surface area contributed by atoms with E-state index in [-0.39, 0.29) is 16.5 Å². The van der Waals surface area contributed by atoms with Gasteiger partial charge in [0.25, 0.3) is 0 Å². The van der Waals surface area contributed by atoms with Gasteiger partial charge in [-0.1, -0.05) is 57.9 Å². The fourth-order valence-electron chi connectivity index (χ4n) is 2.54. The average molecular weight is 455 g/mol. The predicted molar refractivity (Wildman–Crippen MR) is 106 cm³/mol. The fraction of sp³-hybridized carbons (Fsp3) is 0.167. The fourth-order valence-corrected chi connectivity index (χ4v) is 4.71. The van der Waals surface area contributed by atoms with Crippen molar-refractivity contribution in [2.45, 2.75) is 18.0 Å². The molecule has 0 bridgehead atoms. The third-order valence-electron chi connectivity index (χ3n) is 3.86. The molecule has 3 rings (SSSR count). The van der Waals surface area contributed by atoms with Crippen LogP contribution in [0.3, 0.4) is 0 Å². The molecular weight excluding hydrogens is 438 g/mol. The van der Waals surface area contributed by atoms with Crippen LogP contribution in [0, 0.1) is 0 Å². The van der Waals surface area contributed by atoms with Gasteiger partial charge in [0.15, 0.2) is 0 Å². The molecule has 0 saturated heterocycles. The summed E-state index contributed by atoms with van der Waals surface area (Å²) in [7, 11) is -2.16. The van der Waals surface area contributed by atoms with Crippen molar-refractivity contribution in [1.82, 2.24) is 14.1 Å². The van der Waals surface area contributed by atoms with Crippen LogP contribution in [0.5, 0.6) is 0 Å². The number of benzene rings is 2. The van der Waals surface area contributed by atoms with Gasteiger partial charge in [0, 0.05) is 29.8 Å². The summed E-state index contributed by atoms with van der Waals surface area (Å²) in [4.78, 5) is 0.0848. The van der Waals surface area contributed by atoms with Gasteiger partial charge in [0.05, 0.1) is 17.8 Å². The first-order valence-corrected chi connectivity index (χ1v) is 10.4. The van der Waals surface area contributed by atoms with E-state index in [0.29, 0.717) is 6.54 Å². The van der Waals surface area contributed by atoms with Crippen LogP contribution in [-0.2, 0) is 23.1 Å². The van der Waals surface area contributed by atoms with E-state index in [1.807, 2.05) is 36.5 Å². The van der Waals surface area contributed by atoms with Gasteiger partial charge < -0.3 is 0 Å². The first-order valence-electron chi connectivity index (χ1n) is 7.83. The minimum atomic E-state index is -3.69. The van der Waals surface area contributed by atoms with Crippen LogP contribution in [0.25, 0.3) is 0 Å². The first kappa shape index (κ1) is 19.1. The number of halogens is 2. The maximum absolute atomic E-state index is 12.8. The number of sulfonamides is 1. The first-order chi connectivity index (χ1) is 12.4. The molecule has 5 nitrogen and oxygen atoms in total. The summed E-state index contributed by atoms with van der Waals surface area (Å²) in [6.07, 6.45) is 3.53. The van der Waals surface area contributed by atoms with Crippen molar-refractivity contribution >= 4 is 37.6 Å². The zero-order valence-electron chi connectivity index (χ0n) is 14.0. The Hall–Kier alpha value is -1.67. The number of hydrogen-bond donors (Lipinski definition) is 0. The molecule has 0 amide bonds. The van der Waals surface area contributed by atoms with E-state index >= 15 is 0 Å². The van der Waals surface area contributed by atoms with Crippen molar-refractivity contribution in [2.75, 3.05) is 7.05 Å². The lowest BCUT2D eigenvalue weighted by atomic mass is 10.2. The molecule has 3 aromatic rings. The highest BCUT2D eigenvalue weighted by atomic mass is 79.9. The summed E-state index contributed by atoms with van der Waals surface area (Å²) < 4.78 is 29.3. The van der Waals surface area contributed by atoms with Gasteiger partial charge in [-0.3, -0.25) is 4.68 Å². The number of aromatic nitrogens is 2. The lowest BCUT2D eigenvalue weighted by molar-refractivity contribution is 0.466. The maximum atomic E-state index is 12.8. The quantitative estimate of drug-likeness (QED) is 0.562. The molecule has 0 unspecified atom stereocenters. The van der Waals surface area contributed by atoms with Crippen molar-refractivity contribution in [1.29, 1.82) is 0 Å². The van der Waals surface area contributed by atoms with Gasteiger partial charge in [-0.15, -0.1) is 0 Å². The Morgan fingerprint density at radius 3 is 2.58 bits per heavy atom. The Kier molecular flexibility index (Phi) is 5.82. The van der Waals surface area contributed by atoms with Gasteiger partial charge in [0.1, 0.15) is 4.90 Å². The molecule has 0 radical (unpaired) electrons. The van der Waals surface area contributed by atoms with Crippen molar-refractivity contribution in [3.63, 3.8) is 0 Å². The summed E-state index contributed by atoms with van der Waals surface area (Å²) in [5.41, 5.74) is 1.94. The molecule has 136 valence electrons. The zero-order valence-corrected chi connectivity index (χ0v) is 17.2. The van der Waals surface area contributed by atoms with Crippen molar-refractivity contribution in [3.8, 4) is 0 Å². The summed E-state index contributed by atoms with van der Waals surface area (Å²) in [5.74, 6) is 0. The average Bonchev–Trinajstić information content (AvgIpc) is 3.02. The van der Waals surface area contributed by atoms with Crippen LogP contribution in [0.2, 0.25) is 5.02 Å². The Bertz CT molecular complexity index is 1010. The van der Waals surface area contributed by atoms with Crippen LogP contribution >= 0.6 is 27.5 Å². The second kappa shape index (κ2) is 7.92. The number of rotatable bonds is 6. The van der Waals surface area contributed by atoms with Crippen molar-refractivity contribution in [2.24, 2.45) is 0 Å². The smallest absolute Gasteiger partial charge is 0.244 e.